The molecule has 1 atom stereocenters. The number of ether oxygens (including phenoxy) is 2. The van der Waals surface area contributed by atoms with E-state index in [9.17, 15) is 4.79 Å². The summed E-state index contributed by atoms with van der Waals surface area (Å²) in [6.07, 6.45) is -0.593. The molecule has 0 aromatic rings. The zero-order valence-electron chi connectivity index (χ0n) is 6.09. The molecule has 0 aliphatic heterocycles. The van der Waals surface area contributed by atoms with Crippen molar-refractivity contribution in [2.45, 2.75) is 20.1 Å². The summed E-state index contributed by atoms with van der Waals surface area (Å²) in [7, 11) is 0. The SMILES string of the molecule is CCOC(CCl)OC(C)=O. The largest absolute Gasteiger partial charge is 0.435 e. The van der Waals surface area contributed by atoms with E-state index in [4.69, 9.17) is 16.3 Å². The molecule has 0 rings (SSSR count). The smallest absolute Gasteiger partial charge is 0.304 e. The lowest BCUT2D eigenvalue weighted by Gasteiger charge is -2.12. The van der Waals surface area contributed by atoms with Crippen molar-refractivity contribution < 1.29 is 14.3 Å². The van der Waals surface area contributed by atoms with Crippen LogP contribution >= 0.6 is 11.6 Å². The summed E-state index contributed by atoms with van der Waals surface area (Å²) in [6, 6.07) is 0. The Kier molecular flexibility index (Phi) is 5.35. The Bertz CT molecular complexity index is 105. The molecule has 0 spiro atoms. The summed E-state index contributed by atoms with van der Waals surface area (Å²) in [5.41, 5.74) is 0. The zero-order chi connectivity index (χ0) is 7.98. The van der Waals surface area contributed by atoms with Crippen LogP contribution in [0.5, 0.6) is 0 Å². The maximum absolute atomic E-state index is 10.3. The molecular formula is C6H11ClO3. The molecule has 1 unspecified atom stereocenters. The van der Waals surface area contributed by atoms with Crippen LogP contribution in [-0.4, -0.2) is 24.7 Å². The van der Waals surface area contributed by atoms with Gasteiger partial charge in [-0.2, -0.15) is 0 Å². The van der Waals surface area contributed by atoms with E-state index in [-0.39, 0.29) is 11.8 Å². The second-order valence-electron chi connectivity index (χ2n) is 1.65. The number of rotatable bonds is 4. The van der Waals surface area contributed by atoms with Gasteiger partial charge in [-0.05, 0) is 6.92 Å². The molecule has 0 aromatic heterocycles. The Hall–Kier alpha value is -0.280. The van der Waals surface area contributed by atoms with Crippen LogP contribution < -0.4 is 0 Å². The highest BCUT2D eigenvalue weighted by Gasteiger charge is 2.08. The van der Waals surface area contributed by atoms with Crippen LogP contribution in [0.25, 0.3) is 0 Å². The Morgan fingerprint density at radius 3 is 2.60 bits per heavy atom. The van der Waals surface area contributed by atoms with Gasteiger partial charge in [-0.25, -0.2) is 0 Å². The van der Waals surface area contributed by atoms with E-state index < -0.39 is 6.29 Å². The van der Waals surface area contributed by atoms with Crippen molar-refractivity contribution in [2.24, 2.45) is 0 Å². The van der Waals surface area contributed by atoms with E-state index in [0.29, 0.717) is 6.61 Å². The topological polar surface area (TPSA) is 35.5 Å². The highest BCUT2D eigenvalue weighted by atomic mass is 35.5. The predicted octanol–water partition coefficient (Wildman–Crippen LogP) is 1.15. The maximum atomic E-state index is 10.3. The standard InChI is InChI=1S/C6H11ClO3/c1-3-9-6(4-7)10-5(2)8/h6H,3-4H2,1-2H3. The monoisotopic (exact) mass is 166 g/mol. The molecule has 0 heterocycles. The highest BCUT2D eigenvalue weighted by molar-refractivity contribution is 6.18. The summed E-state index contributed by atoms with van der Waals surface area (Å²) >= 11 is 5.39. The molecule has 0 saturated carbocycles. The number of carbonyl (C=O) groups excluding carboxylic acids is 1. The third-order valence-electron chi connectivity index (χ3n) is 0.776. The van der Waals surface area contributed by atoms with Crippen LogP contribution in [0.15, 0.2) is 0 Å². The molecule has 10 heavy (non-hydrogen) atoms. The average Bonchev–Trinajstić information content (AvgIpc) is 1.86. The fraction of sp³-hybridized carbons (Fsp3) is 0.833. The van der Waals surface area contributed by atoms with Crippen LogP contribution in [0.2, 0.25) is 0 Å². The summed E-state index contributed by atoms with van der Waals surface area (Å²) in [4.78, 5) is 10.3. The quantitative estimate of drug-likeness (QED) is 0.357. The zero-order valence-corrected chi connectivity index (χ0v) is 6.85. The van der Waals surface area contributed by atoms with Gasteiger partial charge in [-0.3, -0.25) is 4.79 Å². The number of hydrogen-bond acceptors (Lipinski definition) is 3. The predicted molar refractivity (Wildman–Crippen MR) is 37.9 cm³/mol. The summed E-state index contributed by atoms with van der Waals surface area (Å²) < 4.78 is 9.57. The van der Waals surface area contributed by atoms with Gasteiger partial charge in [0.2, 0.25) is 6.29 Å². The van der Waals surface area contributed by atoms with Crippen LogP contribution in [0, 0.1) is 0 Å². The van der Waals surface area contributed by atoms with Crippen molar-refractivity contribution in [2.75, 3.05) is 12.5 Å². The van der Waals surface area contributed by atoms with Gasteiger partial charge in [0.05, 0.1) is 5.88 Å². The summed E-state index contributed by atoms with van der Waals surface area (Å²) in [5, 5.41) is 0. The second kappa shape index (κ2) is 5.50. The first kappa shape index (κ1) is 9.72. The van der Waals surface area contributed by atoms with Crippen LogP contribution in [-0.2, 0) is 14.3 Å². The van der Waals surface area contributed by atoms with Gasteiger partial charge < -0.3 is 9.47 Å². The average molecular weight is 167 g/mol. The van der Waals surface area contributed by atoms with Crippen LogP contribution in [0.1, 0.15) is 13.8 Å². The summed E-state index contributed by atoms with van der Waals surface area (Å²) in [5.74, 6) is -0.202. The van der Waals surface area contributed by atoms with E-state index in [1.165, 1.54) is 6.92 Å². The van der Waals surface area contributed by atoms with Gasteiger partial charge in [0, 0.05) is 13.5 Å². The molecule has 4 heteroatoms. The molecule has 0 aliphatic rings. The fourth-order valence-electron chi connectivity index (χ4n) is 0.481. The maximum Gasteiger partial charge on any atom is 0.304 e. The first-order valence-corrected chi connectivity index (χ1v) is 3.59. The van der Waals surface area contributed by atoms with E-state index in [2.05, 4.69) is 4.74 Å². The molecule has 0 aliphatic carbocycles. The molecule has 0 N–H and O–H groups in total. The van der Waals surface area contributed by atoms with Gasteiger partial charge in [-0.1, -0.05) is 0 Å². The first-order valence-electron chi connectivity index (χ1n) is 3.05. The van der Waals surface area contributed by atoms with Gasteiger partial charge in [-0.15, -0.1) is 11.6 Å². The first-order chi connectivity index (χ1) is 4.70. The molecule has 0 radical (unpaired) electrons. The number of hydrogen-bond donors (Lipinski definition) is 0. The van der Waals surface area contributed by atoms with Crippen molar-refractivity contribution >= 4 is 17.6 Å². The minimum Gasteiger partial charge on any atom is -0.435 e. The van der Waals surface area contributed by atoms with Crippen molar-refractivity contribution in [3.63, 3.8) is 0 Å². The van der Waals surface area contributed by atoms with Gasteiger partial charge >= 0.3 is 5.97 Å². The normalized spacial score (nSPS) is 12.7. The Labute approximate surface area is 65.3 Å². The third kappa shape index (κ3) is 4.58. The van der Waals surface area contributed by atoms with Crippen molar-refractivity contribution in [1.29, 1.82) is 0 Å². The van der Waals surface area contributed by atoms with Crippen molar-refractivity contribution in [3.8, 4) is 0 Å². The van der Waals surface area contributed by atoms with Crippen LogP contribution in [0.4, 0.5) is 0 Å². The Balaban J connectivity index is 3.49. The molecule has 0 fully saturated rings. The Morgan fingerprint density at radius 2 is 2.30 bits per heavy atom. The van der Waals surface area contributed by atoms with E-state index in [1.807, 2.05) is 6.92 Å². The lowest BCUT2D eigenvalue weighted by molar-refractivity contribution is -0.170. The van der Waals surface area contributed by atoms with Gasteiger partial charge in [0.1, 0.15) is 0 Å². The number of alkyl halides is 1. The second-order valence-corrected chi connectivity index (χ2v) is 1.96. The number of carbonyl (C=O) groups is 1. The lowest BCUT2D eigenvalue weighted by atomic mass is 10.7. The lowest BCUT2D eigenvalue weighted by Crippen LogP contribution is -2.21. The fourth-order valence-corrected chi connectivity index (χ4v) is 0.633. The van der Waals surface area contributed by atoms with Crippen LogP contribution in [0.3, 0.4) is 0 Å². The molecule has 0 aromatic carbocycles. The molecule has 0 amide bonds. The molecular weight excluding hydrogens is 156 g/mol. The van der Waals surface area contributed by atoms with Gasteiger partial charge in [0.25, 0.3) is 0 Å². The number of halogens is 1. The molecule has 3 nitrogen and oxygen atoms in total. The number of esters is 1. The summed E-state index contributed by atoms with van der Waals surface area (Å²) in [6.45, 7) is 3.62. The Morgan fingerprint density at radius 1 is 1.70 bits per heavy atom. The van der Waals surface area contributed by atoms with Crippen molar-refractivity contribution in [1.82, 2.24) is 0 Å². The van der Waals surface area contributed by atoms with E-state index >= 15 is 0 Å². The molecule has 0 saturated heterocycles. The van der Waals surface area contributed by atoms with Gasteiger partial charge in [0.15, 0.2) is 0 Å². The molecule has 60 valence electrons. The van der Waals surface area contributed by atoms with E-state index in [1.54, 1.807) is 0 Å². The van der Waals surface area contributed by atoms with Crippen molar-refractivity contribution in [3.05, 3.63) is 0 Å². The van der Waals surface area contributed by atoms with E-state index in [0.717, 1.165) is 0 Å². The highest BCUT2D eigenvalue weighted by Crippen LogP contribution is 1.97. The minimum atomic E-state index is -0.593. The minimum absolute atomic E-state index is 0.174. The third-order valence-corrected chi connectivity index (χ3v) is 1.03. The molecule has 0 bridgehead atoms.